The lowest BCUT2D eigenvalue weighted by molar-refractivity contribution is -0.115. The second-order valence-electron chi connectivity index (χ2n) is 4.38. The van der Waals surface area contributed by atoms with Gasteiger partial charge >= 0.3 is 0 Å². The van der Waals surface area contributed by atoms with E-state index in [0.29, 0.717) is 5.69 Å². The van der Waals surface area contributed by atoms with Crippen molar-refractivity contribution in [2.24, 2.45) is 5.73 Å². The number of hydrogen-bond donors (Lipinski definition) is 2. The molecule has 0 spiro atoms. The van der Waals surface area contributed by atoms with Gasteiger partial charge in [-0.1, -0.05) is 12.1 Å². The Balaban J connectivity index is 2.86. The summed E-state index contributed by atoms with van der Waals surface area (Å²) < 4.78 is 22.5. The molecule has 6 heteroatoms. The van der Waals surface area contributed by atoms with Crippen molar-refractivity contribution in [2.45, 2.75) is 25.1 Å². The molecule has 3 N–H and O–H groups in total. The van der Waals surface area contributed by atoms with Gasteiger partial charge < -0.3 is 11.1 Å². The van der Waals surface area contributed by atoms with Crippen LogP contribution in [0.4, 0.5) is 5.69 Å². The van der Waals surface area contributed by atoms with Crippen molar-refractivity contribution in [3.05, 3.63) is 29.8 Å². The van der Waals surface area contributed by atoms with Gasteiger partial charge in [0.1, 0.15) is 5.25 Å². The van der Waals surface area contributed by atoms with E-state index in [2.05, 4.69) is 5.32 Å². The Morgan fingerprint density at radius 3 is 2.44 bits per heavy atom. The van der Waals surface area contributed by atoms with Crippen molar-refractivity contribution in [3.8, 4) is 0 Å². The van der Waals surface area contributed by atoms with Gasteiger partial charge in [0.15, 0.2) is 9.84 Å². The van der Waals surface area contributed by atoms with E-state index in [-0.39, 0.29) is 6.04 Å². The minimum atomic E-state index is -3.39. The van der Waals surface area contributed by atoms with E-state index in [1.54, 1.807) is 18.2 Å². The first-order valence-electron chi connectivity index (χ1n) is 5.57. The summed E-state index contributed by atoms with van der Waals surface area (Å²) in [5.41, 5.74) is 7.16. The van der Waals surface area contributed by atoms with Crippen LogP contribution in [0, 0.1) is 0 Å². The van der Waals surface area contributed by atoms with Crippen LogP contribution in [0.2, 0.25) is 0 Å². The Morgan fingerprint density at radius 1 is 1.33 bits per heavy atom. The molecule has 1 aromatic carbocycles. The molecule has 0 fully saturated rings. The third kappa shape index (κ3) is 3.82. The fourth-order valence-corrected chi connectivity index (χ4v) is 1.79. The van der Waals surface area contributed by atoms with Gasteiger partial charge in [0, 0.05) is 18.0 Å². The van der Waals surface area contributed by atoms with Gasteiger partial charge in [-0.2, -0.15) is 0 Å². The first-order chi connectivity index (χ1) is 8.21. The van der Waals surface area contributed by atoms with Crippen LogP contribution in [0.1, 0.15) is 25.5 Å². The zero-order valence-electron chi connectivity index (χ0n) is 10.7. The molecule has 100 valence electrons. The summed E-state index contributed by atoms with van der Waals surface area (Å²) in [4.78, 5) is 11.7. The average Bonchev–Trinajstić information content (AvgIpc) is 2.27. The number of rotatable bonds is 4. The predicted molar refractivity (Wildman–Crippen MR) is 72.0 cm³/mol. The van der Waals surface area contributed by atoms with Gasteiger partial charge in [0.2, 0.25) is 5.91 Å². The maximum Gasteiger partial charge on any atom is 0.242 e. The molecule has 1 aromatic rings. The predicted octanol–water partition coefficient (Wildman–Crippen LogP) is 1.08. The second-order valence-corrected chi connectivity index (χ2v) is 6.74. The first kappa shape index (κ1) is 14.7. The number of benzene rings is 1. The Morgan fingerprint density at radius 2 is 1.94 bits per heavy atom. The van der Waals surface area contributed by atoms with Crippen molar-refractivity contribution in [2.75, 3.05) is 11.6 Å². The standard InChI is InChI=1S/C12H18N2O3S/c1-8(13)10-5-4-6-11(7-10)14-12(15)9(2)18(3,16)17/h4-9H,13H2,1-3H3,(H,14,15). The zero-order chi connectivity index (χ0) is 13.9. The summed E-state index contributed by atoms with van der Waals surface area (Å²) in [5.74, 6) is -0.542. The Kier molecular flexibility index (Phi) is 4.48. The van der Waals surface area contributed by atoms with Crippen LogP contribution in [0.15, 0.2) is 24.3 Å². The van der Waals surface area contributed by atoms with Crippen molar-refractivity contribution in [1.82, 2.24) is 0 Å². The lowest BCUT2D eigenvalue weighted by Crippen LogP contribution is -2.31. The fourth-order valence-electron chi connectivity index (χ4n) is 1.34. The molecule has 0 bridgehead atoms. The highest BCUT2D eigenvalue weighted by atomic mass is 32.2. The van der Waals surface area contributed by atoms with Gasteiger partial charge in [-0.3, -0.25) is 4.79 Å². The molecule has 2 atom stereocenters. The van der Waals surface area contributed by atoms with E-state index < -0.39 is 21.0 Å². The number of sulfone groups is 1. The highest BCUT2D eigenvalue weighted by Crippen LogP contribution is 2.16. The molecule has 0 radical (unpaired) electrons. The maximum atomic E-state index is 11.7. The topological polar surface area (TPSA) is 89.3 Å². The number of carbonyl (C=O) groups excluding carboxylic acids is 1. The van der Waals surface area contributed by atoms with Crippen molar-refractivity contribution in [3.63, 3.8) is 0 Å². The van der Waals surface area contributed by atoms with Crippen LogP contribution in [-0.4, -0.2) is 25.8 Å². The lowest BCUT2D eigenvalue weighted by Gasteiger charge is -2.12. The van der Waals surface area contributed by atoms with Gasteiger partial charge in [0.25, 0.3) is 0 Å². The normalized spacial score (nSPS) is 14.9. The number of nitrogens with two attached hydrogens (primary N) is 1. The number of carbonyl (C=O) groups is 1. The maximum absolute atomic E-state index is 11.7. The molecule has 0 heterocycles. The molecular weight excluding hydrogens is 252 g/mol. The highest BCUT2D eigenvalue weighted by molar-refractivity contribution is 7.92. The average molecular weight is 270 g/mol. The first-order valence-corrected chi connectivity index (χ1v) is 7.52. The van der Waals surface area contributed by atoms with Gasteiger partial charge in [-0.05, 0) is 31.5 Å². The Bertz CT molecular complexity index is 538. The third-order valence-corrected chi connectivity index (χ3v) is 4.19. The smallest absolute Gasteiger partial charge is 0.242 e. The van der Waals surface area contributed by atoms with Gasteiger partial charge in [0.05, 0.1) is 0 Å². The molecule has 0 saturated heterocycles. The Labute approximate surface area is 107 Å². The number of amides is 1. The molecule has 1 rings (SSSR count). The minimum Gasteiger partial charge on any atom is -0.325 e. The molecule has 0 aliphatic rings. The largest absolute Gasteiger partial charge is 0.325 e. The monoisotopic (exact) mass is 270 g/mol. The number of anilines is 1. The van der Waals surface area contributed by atoms with Crippen molar-refractivity contribution < 1.29 is 13.2 Å². The lowest BCUT2D eigenvalue weighted by atomic mass is 10.1. The summed E-state index contributed by atoms with van der Waals surface area (Å²) in [5, 5.41) is 1.50. The van der Waals surface area contributed by atoms with Crippen LogP contribution in [0.3, 0.4) is 0 Å². The fraction of sp³-hybridized carbons (Fsp3) is 0.417. The van der Waals surface area contributed by atoms with Crippen LogP contribution in [0.25, 0.3) is 0 Å². The quantitative estimate of drug-likeness (QED) is 0.856. The minimum absolute atomic E-state index is 0.144. The van der Waals surface area contributed by atoms with Crippen LogP contribution < -0.4 is 11.1 Å². The SMILES string of the molecule is CC(N)c1cccc(NC(=O)C(C)S(C)(=O)=O)c1. The molecule has 5 nitrogen and oxygen atoms in total. The zero-order valence-corrected chi connectivity index (χ0v) is 11.5. The van der Waals surface area contributed by atoms with Gasteiger partial charge in [-0.25, -0.2) is 8.42 Å². The van der Waals surface area contributed by atoms with E-state index in [0.717, 1.165) is 11.8 Å². The molecule has 0 aliphatic carbocycles. The van der Waals surface area contributed by atoms with E-state index in [4.69, 9.17) is 5.73 Å². The molecule has 0 aliphatic heterocycles. The summed E-state index contributed by atoms with van der Waals surface area (Å²) >= 11 is 0. The van der Waals surface area contributed by atoms with Crippen LogP contribution in [0.5, 0.6) is 0 Å². The van der Waals surface area contributed by atoms with E-state index in [1.165, 1.54) is 6.92 Å². The summed E-state index contributed by atoms with van der Waals surface area (Å²) in [6.45, 7) is 3.19. The summed E-state index contributed by atoms with van der Waals surface area (Å²) in [6, 6.07) is 6.89. The van der Waals surface area contributed by atoms with Gasteiger partial charge in [-0.15, -0.1) is 0 Å². The van der Waals surface area contributed by atoms with E-state index >= 15 is 0 Å². The Hall–Kier alpha value is -1.40. The molecule has 0 aromatic heterocycles. The van der Waals surface area contributed by atoms with Crippen LogP contribution >= 0.6 is 0 Å². The molecule has 1 amide bonds. The number of hydrogen-bond acceptors (Lipinski definition) is 4. The highest BCUT2D eigenvalue weighted by Gasteiger charge is 2.23. The van der Waals surface area contributed by atoms with E-state index in [9.17, 15) is 13.2 Å². The summed E-state index contributed by atoms with van der Waals surface area (Å²) in [7, 11) is -3.39. The third-order valence-electron chi connectivity index (χ3n) is 2.69. The van der Waals surface area contributed by atoms with E-state index in [1.807, 2.05) is 13.0 Å². The second kappa shape index (κ2) is 5.49. The molecule has 2 unspecified atom stereocenters. The molecule has 0 saturated carbocycles. The van der Waals surface area contributed by atoms with Crippen molar-refractivity contribution >= 4 is 21.4 Å². The summed E-state index contributed by atoms with van der Waals surface area (Å²) in [6.07, 6.45) is 1.04. The van der Waals surface area contributed by atoms with Crippen LogP contribution in [-0.2, 0) is 14.6 Å². The van der Waals surface area contributed by atoms with Crippen molar-refractivity contribution in [1.29, 1.82) is 0 Å². The molecule has 18 heavy (non-hydrogen) atoms. The number of nitrogens with one attached hydrogen (secondary N) is 1. The molecular formula is C12H18N2O3S.